The zero-order valence-corrected chi connectivity index (χ0v) is 49.3. The van der Waals surface area contributed by atoms with Crippen LogP contribution in [0.15, 0.2) is 0 Å². The SMILES string of the molecule is CC1CN1CCC(=O)OCCOCCC[Si]1(C)O[Si](C)(CCCOCCOC(=O)CCN2CC2C)O[Si](C)(CCCOCCOC(=O)CCN2CC2C)O[Si](C)(CCCOCCOC(=O)CCN2CC2C)O1. The van der Waals surface area contributed by atoms with E-state index < -0.39 is 34.2 Å². The molecule has 0 aromatic carbocycles. The lowest BCUT2D eigenvalue weighted by atomic mass is 10.4. The highest BCUT2D eigenvalue weighted by atomic mass is 28.5. The van der Waals surface area contributed by atoms with Crippen LogP contribution in [0.1, 0.15) is 79.1 Å². The van der Waals surface area contributed by atoms with Gasteiger partial charge in [0.1, 0.15) is 26.4 Å². The van der Waals surface area contributed by atoms with Crippen molar-refractivity contribution in [1.82, 2.24) is 19.6 Å². The largest absolute Gasteiger partial charge is 0.463 e. The van der Waals surface area contributed by atoms with Gasteiger partial charge in [0.2, 0.25) is 0 Å². The normalized spacial score (nSPS) is 32.6. The van der Waals surface area contributed by atoms with Gasteiger partial charge in [-0.15, -0.1) is 0 Å². The number of ether oxygens (including phenoxy) is 8. The molecule has 8 atom stereocenters. The molecule has 0 N–H and O–H groups in total. The Morgan fingerprint density at radius 2 is 0.556 bits per heavy atom. The summed E-state index contributed by atoms with van der Waals surface area (Å²) in [4.78, 5) is 57.9. The molecule has 0 amide bonds. The first kappa shape index (κ1) is 61.1. The third kappa shape index (κ3) is 25.4. The average molecular weight is 1090 g/mol. The molecule has 0 aromatic rings. The number of nitrogens with zero attached hydrogens (tertiary/aromatic N) is 4. The predicted molar refractivity (Wildman–Crippen MR) is 278 cm³/mol. The molecule has 5 heterocycles. The lowest BCUT2D eigenvalue weighted by molar-refractivity contribution is -0.146. The summed E-state index contributed by atoms with van der Waals surface area (Å²) in [6, 6.07) is 4.77. The van der Waals surface area contributed by atoms with Crippen LogP contribution in [0.2, 0.25) is 50.4 Å². The molecule has 5 rings (SSSR count). The molecular weight excluding hydrogens is 1000 g/mol. The van der Waals surface area contributed by atoms with Gasteiger partial charge in [-0.25, -0.2) is 0 Å². The number of hydrogen-bond donors (Lipinski definition) is 0. The number of rotatable bonds is 40. The lowest BCUT2D eigenvalue weighted by Gasteiger charge is -2.50. The van der Waals surface area contributed by atoms with E-state index in [9.17, 15) is 19.2 Å². The van der Waals surface area contributed by atoms with Crippen molar-refractivity contribution in [3.05, 3.63) is 0 Å². The molecule has 5 fully saturated rings. The Morgan fingerprint density at radius 1 is 0.361 bits per heavy atom. The summed E-state index contributed by atoms with van der Waals surface area (Å²) in [6.07, 6.45) is 4.23. The highest BCUT2D eigenvalue weighted by Gasteiger charge is 2.56. The van der Waals surface area contributed by atoms with Crippen LogP contribution in [0.5, 0.6) is 0 Å². The smallest absolute Gasteiger partial charge is 0.317 e. The van der Waals surface area contributed by atoms with E-state index in [1.165, 1.54) is 0 Å². The number of carbonyl (C=O) groups excluding carboxylic acids is 4. The van der Waals surface area contributed by atoms with Gasteiger partial charge in [0.15, 0.2) is 0 Å². The van der Waals surface area contributed by atoms with Crippen molar-refractivity contribution in [1.29, 1.82) is 0 Å². The van der Waals surface area contributed by atoms with Crippen LogP contribution < -0.4 is 0 Å². The first-order chi connectivity index (χ1) is 34.4. The standard InChI is InChI=1S/C48H92N4O16Si4/c1-41-37-49(41)17-13-45(53)61-29-25-57-21-9-33-69(5)65-70(6,34-10-22-58-26-30-62-46(54)14-18-50-38-42(50)2)67-72(8,36-12-24-60-28-32-64-48(56)16-20-52-40-44(52)4)68-71(7,66-69)35-11-23-59-27-31-63-47(55)15-19-51-39-43(51)3/h41-44H,9-40H2,1-8H3. The van der Waals surface area contributed by atoms with Crippen LogP contribution in [0.4, 0.5) is 0 Å². The first-order valence-electron chi connectivity index (χ1n) is 27.1. The van der Waals surface area contributed by atoms with Crippen molar-refractivity contribution >= 4 is 58.1 Å². The molecule has 72 heavy (non-hydrogen) atoms. The third-order valence-electron chi connectivity index (χ3n) is 13.7. The Labute approximate surface area is 434 Å². The van der Waals surface area contributed by atoms with E-state index in [2.05, 4.69) is 73.5 Å². The maximum Gasteiger partial charge on any atom is 0.317 e. The second kappa shape index (κ2) is 30.9. The van der Waals surface area contributed by atoms with E-state index >= 15 is 0 Å². The summed E-state index contributed by atoms with van der Waals surface area (Å²) in [5.74, 6) is -0.839. The quantitative estimate of drug-likeness (QED) is 0.0273. The van der Waals surface area contributed by atoms with Crippen LogP contribution in [-0.4, -0.2) is 234 Å². The van der Waals surface area contributed by atoms with Gasteiger partial charge in [-0.3, -0.25) is 38.8 Å². The van der Waals surface area contributed by atoms with Crippen molar-refractivity contribution in [3.8, 4) is 0 Å². The number of hydrogen-bond acceptors (Lipinski definition) is 20. The maximum absolute atomic E-state index is 12.2. The predicted octanol–water partition coefficient (Wildman–Crippen LogP) is 4.53. The van der Waals surface area contributed by atoms with Crippen LogP contribution in [0, 0.1) is 0 Å². The Morgan fingerprint density at radius 3 is 0.736 bits per heavy atom. The molecule has 0 spiro atoms. The molecule has 0 aliphatic carbocycles. The molecule has 8 unspecified atom stereocenters. The fourth-order valence-electron chi connectivity index (χ4n) is 9.21. The molecule has 0 bridgehead atoms. The van der Waals surface area contributed by atoms with Crippen LogP contribution >= 0.6 is 0 Å². The van der Waals surface area contributed by atoms with Gasteiger partial charge in [-0.2, -0.15) is 0 Å². The molecule has 5 saturated heterocycles. The zero-order valence-electron chi connectivity index (χ0n) is 45.3. The monoisotopic (exact) mass is 1090 g/mol. The van der Waals surface area contributed by atoms with Gasteiger partial charge in [-0.05, 0) is 104 Å². The molecule has 5 aliphatic rings. The Hall–Kier alpha value is -1.73. The van der Waals surface area contributed by atoms with E-state index in [1.54, 1.807) is 0 Å². The van der Waals surface area contributed by atoms with E-state index in [1.807, 2.05) is 0 Å². The fourth-order valence-corrected chi connectivity index (χ4v) is 32.4. The van der Waals surface area contributed by atoms with Crippen LogP contribution in [-0.2, 0) is 73.5 Å². The minimum Gasteiger partial charge on any atom is -0.463 e. The minimum atomic E-state index is -3.00. The van der Waals surface area contributed by atoms with Crippen molar-refractivity contribution < 1.29 is 73.5 Å². The molecular formula is C48H92N4O16Si4. The van der Waals surface area contributed by atoms with Crippen molar-refractivity contribution in [3.63, 3.8) is 0 Å². The second-order valence-electron chi connectivity index (χ2n) is 21.1. The topological polar surface area (TPSA) is 191 Å². The van der Waals surface area contributed by atoms with E-state index in [-0.39, 0.29) is 50.3 Å². The van der Waals surface area contributed by atoms with E-state index in [0.717, 1.165) is 52.4 Å². The second-order valence-corrected chi connectivity index (χ2v) is 35.4. The maximum atomic E-state index is 12.2. The highest BCUT2D eigenvalue weighted by molar-refractivity contribution is 6.93. The molecule has 24 heteroatoms. The van der Waals surface area contributed by atoms with Crippen molar-refractivity contribution in [2.75, 3.05) is 132 Å². The molecule has 0 radical (unpaired) electrons. The summed E-state index contributed by atoms with van der Waals surface area (Å²) in [5, 5.41) is 0. The van der Waals surface area contributed by atoms with E-state index in [0.29, 0.717) is 153 Å². The van der Waals surface area contributed by atoms with Gasteiger partial charge in [0.25, 0.3) is 0 Å². The molecule has 416 valence electrons. The van der Waals surface area contributed by atoms with Gasteiger partial charge in [0, 0.05) is 103 Å². The van der Waals surface area contributed by atoms with Crippen LogP contribution in [0.25, 0.3) is 0 Å². The fraction of sp³-hybridized carbons (Fsp3) is 0.917. The molecule has 0 aromatic heterocycles. The first-order valence-corrected chi connectivity index (χ1v) is 37.2. The summed E-state index contributed by atoms with van der Waals surface area (Å²) >= 11 is 0. The molecule has 20 nitrogen and oxygen atoms in total. The van der Waals surface area contributed by atoms with Gasteiger partial charge in [0.05, 0.1) is 52.1 Å². The molecule has 5 aliphatic heterocycles. The summed E-state index contributed by atoms with van der Waals surface area (Å²) < 4.78 is 74.8. The average Bonchev–Trinajstić information content (AvgIpc) is 4.22. The minimum absolute atomic E-state index is 0.207. The van der Waals surface area contributed by atoms with E-state index in [4.69, 9.17) is 54.4 Å². The summed E-state index contributed by atoms with van der Waals surface area (Å²) in [7, 11) is -12.0. The van der Waals surface area contributed by atoms with Gasteiger partial charge >= 0.3 is 58.1 Å². The Balaban J connectivity index is 1.14. The van der Waals surface area contributed by atoms with Gasteiger partial charge < -0.3 is 54.4 Å². The van der Waals surface area contributed by atoms with Crippen LogP contribution in [0.3, 0.4) is 0 Å². The van der Waals surface area contributed by atoms with Crippen molar-refractivity contribution in [2.45, 2.75) is 154 Å². The third-order valence-corrected chi connectivity index (χ3v) is 32.6. The zero-order chi connectivity index (χ0) is 52.0. The van der Waals surface area contributed by atoms with Crippen molar-refractivity contribution in [2.24, 2.45) is 0 Å². The summed E-state index contributed by atoms with van der Waals surface area (Å²) in [5.41, 5.74) is 0. The number of carbonyl (C=O) groups is 4. The highest BCUT2D eigenvalue weighted by Crippen LogP contribution is 2.39. The Bertz CT molecular complexity index is 1420. The lowest BCUT2D eigenvalue weighted by Crippen LogP contribution is -2.67. The molecule has 0 saturated carbocycles. The number of esters is 4. The Kier molecular flexibility index (Phi) is 26.2. The van der Waals surface area contributed by atoms with Gasteiger partial charge in [-0.1, -0.05) is 0 Å². The summed E-state index contributed by atoms with van der Waals surface area (Å²) in [6.45, 7) is 27.9.